The third kappa shape index (κ3) is 3.18. The lowest BCUT2D eigenvalue weighted by atomic mass is 9.72. The van der Waals surface area contributed by atoms with Gasteiger partial charge in [0.2, 0.25) is 0 Å². The molecule has 0 aliphatic heterocycles. The zero-order valence-corrected chi connectivity index (χ0v) is 10.8. The van der Waals surface area contributed by atoms with Gasteiger partial charge in [-0.3, -0.25) is 0 Å². The van der Waals surface area contributed by atoms with Gasteiger partial charge in [0, 0.05) is 13.2 Å². The summed E-state index contributed by atoms with van der Waals surface area (Å²) in [4.78, 5) is 0. The van der Waals surface area contributed by atoms with E-state index in [4.69, 9.17) is 4.74 Å². The highest BCUT2D eigenvalue weighted by Crippen LogP contribution is 2.39. The maximum absolute atomic E-state index is 5.76. The van der Waals surface area contributed by atoms with Crippen LogP contribution in [0.4, 0.5) is 0 Å². The van der Waals surface area contributed by atoms with Crippen LogP contribution >= 0.6 is 0 Å². The second-order valence-electron chi connectivity index (χ2n) is 5.20. The van der Waals surface area contributed by atoms with E-state index in [1.54, 1.807) is 0 Å². The Hall–Kier alpha value is -0.0800. The van der Waals surface area contributed by atoms with Crippen LogP contribution in [0.15, 0.2) is 0 Å². The van der Waals surface area contributed by atoms with Crippen molar-refractivity contribution in [2.45, 2.75) is 64.5 Å². The van der Waals surface area contributed by atoms with Gasteiger partial charge in [0.05, 0.1) is 5.60 Å². The van der Waals surface area contributed by atoms with E-state index in [1.165, 1.54) is 32.1 Å². The van der Waals surface area contributed by atoms with Gasteiger partial charge in [0.25, 0.3) is 0 Å². The third-order valence-electron chi connectivity index (χ3n) is 3.72. The van der Waals surface area contributed by atoms with Crippen molar-refractivity contribution >= 4 is 0 Å². The van der Waals surface area contributed by atoms with E-state index in [-0.39, 0.29) is 5.60 Å². The van der Waals surface area contributed by atoms with Crippen LogP contribution in [0.3, 0.4) is 0 Å². The molecule has 1 N–H and O–H groups in total. The van der Waals surface area contributed by atoms with Crippen LogP contribution in [0, 0.1) is 5.92 Å². The minimum Gasteiger partial charge on any atom is -0.377 e. The molecular weight excluding hydrogens is 186 g/mol. The Bertz CT molecular complexity index is 170. The Labute approximate surface area is 94.8 Å². The van der Waals surface area contributed by atoms with Crippen molar-refractivity contribution < 1.29 is 4.74 Å². The SMILES string of the molecule is CCNC(CCC(C)C)C1(OC)CCC1. The summed E-state index contributed by atoms with van der Waals surface area (Å²) >= 11 is 0. The highest BCUT2D eigenvalue weighted by Gasteiger charge is 2.43. The Morgan fingerprint density at radius 2 is 1.93 bits per heavy atom. The number of ether oxygens (including phenoxy) is 1. The number of likely N-dealkylation sites (N-methyl/N-ethyl adjacent to an activating group) is 1. The van der Waals surface area contributed by atoms with Crippen LogP contribution in [0.25, 0.3) is 0 Å². The first-order valence-electron chi connectivity index (χ1n) is 6.43. The predicted molar refractivity (Wildman–Crippen MR) is 65.1 cm³/mol. The van der Waals surface area contributed by atoms with E-state index in [1.807, 2.05) is 7.11 Å². The average Bonchev–Trinajstić information content (AvgIpc) is 2.13. The normalized spacial score (nSPS) is 21.4. The molecule has 1 aliphatic carbocycles. The monoisotopic (exact) mass is 213 g/mol. The van der Waals surface area contributed by atoms with Gasteiger partial charge in [-0.25, -0.2) is 0 Å². The Morgan fingerprint density at radius 1 is 1.27 bits per heavy atom. The van der Waals surface area contributed by atoms with Crippen LogP contribution < -0.4 is 5.32 Å². The molecule has 0 saturated heterocycles. The molecule has 0 radical (unpaired) electrons. The first-order valence-corrected chi connectivity index (χ1v) is 6.43. The molecule has 1 fully saturated rings. The van der Waals surface area contributed by atoms with Crippen LogP contribution in [0.1, 0.15) is 52.9 Å². The van der Waals surface area contributed by atoms with Gasteiger partial charge in [0.1, 0.15) is 0 Å². The predicted octanol–water partition coefficient (Wildman–Crippen LogP) is 2.97. The Morgan fingerprint density at radius 3 is 2.27 bits per heavy atom. The van der Waals surface area contributed by atoms with Crippen molar-refractivity contribution in [2.75, 3.05) is 13.7 Å². The topological polar surface area (TPSA) is 21.3 Å². The minimum atomic E-state index is 0.158. The summed E-state index contributed by atoms with van der Waals surface area (Å²) in [5.74, 6) is 0.792. The van der Waals surface area contributed by atoms with E-state index in [0.717, 1.165) is 12.5 Å². The molecule has 15 heavy (non-hydrogen) atoms. The summed E-state index contributed by atoms with van der Waals surface area (Å²) in [7, 11) is 1.87. The summed E-state index contributed by atoms with van der Waals surface area (Å²) < 4.78 is 5.76. The van der Waals surface area contributed by atoms with Crippen LogP contribution in [0.5, 0.6) is 0 Å². The highest BCUT2D eigenvalue weighted by atomic mass is 16.5. The quantitative estimate of drug-likeness (QED) is 0.702. The molecule has 1 aliphatic rings. The summed E-state index contributed by atoms with van der Waals surface area (Å²) in [6.45, 7) is 7.82. The maximum Gasteiger partial charge on any atom is 0.0831 e. The zero-order valence-electron chi connectivity index (χ0n) is 10.8. The first-order chi connectivity index (χ1) is 7.14. The van der Waals surface area contributed by atoms with Crippen molar-refractivity contribution in [3.8, 4) is 0 Å². The van der Waals surface area contributed by atoms with Gasteiger partial charge in [-0.2, -0.15) is 0 Å². The summed E-state index contributed by atoms with van der Waals surface area (Å²) in [5.41, 5.74) is 0.158. The Kier molecular flexibility index (Phi) is 5.07. The number of hydrogen-bond donors (Lipinski definition) is 1. The molecule has 1 saturated carbocycles. The lowest BCUT2D eigenvalue weighted by molar-refractivity contribution is -0.100. The molecular formula is C13H27NO. The molecule has 90 valence electrons. The summed E-state index contributed by atoms with van der Waals surface area (Å²) in [6.07, 6.45) is 6.35. The highest BCUT2D eigenvalue weighted by molar-refractivity contribution is 4.99. The fourth-order valence-electron chi connectivity index (χ4n) is 2.52. The van der Waals surface area contributed by atoms with Crippen molar-refractivity contribution in [1.82, 2.24) is 5.32 Å². The molecule has 1 unspecified atom stereocenters. The number of hydrogen-bond acceptors (Lipinski definition) is 2. The van der Waals surface area contributed by atoms with Crippen molar-refractivity contribution in [3.05, 3.63) is 0 Å². The zero-order chi connectivity index (χ0) is 11.3. The molecule has 1 rings (SSSR count). The molecule has 0 aromatic heterocycles. The van der Waals surface area contributed by atoms with E-state index >= 15 is 0 Å². The Balaban J connectivity index is 2.48. The van der Waals surface area contributed by atoms with E-state index < -0.39 is 0 Å². The molecule has 0 aromatic rings. The van der Waals surface area contributed by atoms with Gasteiger partial charge >= 0.3 is 0 Å². The van der Waals surface area contributed by atoms with Gasteiger partial charge in [-0.15, -0.1) is 0 Å². The maximum atomic E-state index is 5.76. The summed E-state index contributed by atoms with van der Waals surface area (Å²) in [6, 6.07) is 0.559. The molecule has 2 nitrogen and oxygen atoms in total. The van der Waals surface area contributed by atoms with Crippen LogP contribution in [-0.2, 0) is 4.74 Å². The van der Waals surface area contributed by atoms with Gasteiger partial charge in [-0.1, -0.05) is 20.8 Å². The van der Waals surface area contributed by atoms with Crippen molar-refractivity contribution in [1.29, 1.82) is 0 Å². The number of rotatable bonds is 7. The molecule has 0 spiro atoms. The molecule has 2 heteroatoms. The smallest absolute Gasteiger partial charge is 0.0831 e. The minimum absolute atomic E-state index is 0.158. The average molecular weight is 213 g/mol. The van der Waals surface area contributed by atoms with Gasteiger partial charge in [0.15, 0.2) is 0 Å². The van der Waals surface area contributed by atoms with Crippen LogP contribution in [-0.4, -0.2) is 25.3 Å². The first kappa shape index (κ1) is 13.0. The molecule has 0 heterocycles. The number of nitrogens with one attached hydrogen (secondary N) is 1. The lowest BCUT2D eigenvalue weighted by Crippen LogP contribution is -2.56. The van der Waals surface area contributed by atoms with Gasteiger partial charge < -0.3 is 10.1 Å². The van der Waals surface area contributed by atoms with E-state index in [0.29, 0.717) is 6.04 Å². The van der Waals surface area contributed by atoms with Crippen molar-refractivity contribution in [3.63, 3.8) is 0 Å². The fraction of sp³-hybridized carbons (Fsp3) is 1.00. The number of methoxy groups -OCH3 is 1. The second-order valence-corrected chi connectivity index (χ2v) is 5.20. The van der Waals surface area contributed by atoms with Crippen LogP contribution in [0.2, 0.25) is 0 Å². The largest absolute Gasteiger partial charge is 0.377 e. The molecule has 0 bridgehead atoms. The lowest BCUT2D eigenvalue weighted by Gasteiger charge is -2.47. The second kappa shape index (κ2) is 5.86. The van der Waals surface area contributed by atoms with Gasteiger partial charge in [-0.05, 0) is 44.6 Å². The molecule has 1 atom stereocenters. The fourth-order valence-corrected chi connectivity index (χ4v) is 2.52. The summed E-state index contributed by atoms with van der Waals surface area (Å²) in [5, 5.41) is 3.61. The standard InChI is InChI=1S/C13H27NO/c1-5-14-12(8-7-11(2)3)13(15-4)9-6-10-13/h11-12,14H,5-10H2,1-4H3. The molecule has 0 amide bonds. The van der Waals surface area contributed by atoms with E-state index in [2.05, 4.69) is 26.1 Å². The van der Waals surface area contributed by atoms with Crippen molar-refractivity contribution in [2.24, 2.45) is 5.92 Å². The molecule has 0 aromatic carbocycles. The third-order valence-corrected chi connectivity index (χ3v) is 3.72. The van der Waals surface area contributed by atoms with E-state index in [9.17, 15) is 0 Å².